The third-order valence-corrected chi connectivity index (χ3v) is 8.08. The van der Waals surface area contributed by atoms with Crippen LogP contribution >= 0.6 is 0 Å². The molecule has 14 heteroatoms. The molecule has 2 aromatic heterocycles. The zero-order valence-electron chi connectivity index (χ0n) is 18.4. The van der Waals surface area contributed by atoms with E-state index < -0.39 is 56.0 Å². The van der Waals surface area contributed by atoms with Crippen molar-refractivity contribution in [3.8, 4) is 0 Å². The first-order valence-electron chi connectivity index (χ1n) is 10.8. The van der Waals surface area contributed by atoms with Crippen LogP contribution in [0.5, 0.6) is 0 Å². The first-order chi connectivity index (χ1) is 16.0. The van der Waals surface area contributed by atoms with Crippen molar-refractivity contribution in [1.82, 2.24) is 14.8 Å². The Bertz CT molecular complexity index is 1310. The van der Waals surface area contributed by atoms with Gasteiger partial charge in [0, 0.05) is 30.6 Å². The molecule has 4 saturated carbocycles. The molecule has 2 aromatic rings. The van der Waals surface area contributed by atoms with E-state index in [4.69, 9.17) is 4.78 Å². The Morgan fingerprint density at radius 1 is 1.23 bits per heavy atom. The quantitative estimate of drug-likeness (QED) is 0.511. The highest BCUT2D eigenvalue weighted by Crippen LogP contribution is 2.79. The summed E-state index contributed by atoms with van der Waals surface area (Å²) in [7, 11) is -3.25. The van der Waals surface area contributed by atoms with Gasteiger partial charge in [0.05, 0.1) is 20.8 Å². The van der Waals surface area contributed by atoms with Gasteiger partial charge in [0.25, 0.3) is 5.91 Å². The molecule has 6 rings (SSSR count). The molecule has 4 aliphatic carbocycles. The summed E-state index contributed by atoms with van der Waals surface area (Å²) in [6, 6.07) is 2.41. The van der Waals surface area contributed by atoms with E-state index in [1.54, 1.807) is 0 Å². The number of halogens is 6. The van der Waals surface area contributed by atoms with Crippen LogP contribution in [0.3, 0.4) is 0 Å². The van der Waals surface area contributed by atoms with Crippen LogP contribution in [0.1, 0.15) is 59.8 Å². The fourth-order valence-corrected chi connectivity index (χ4v) is 6.04. The average molecular weight is 521 g/mol. The number of nitrogens with zero attached hydrogens (tertiary/aromatic N) is 3. The highest BCUT2D eigenvalue weighted by Gasteiger charge is 2.78. The van der Waals surface area contributed by atoms with Gasteiger partial charge in [-0.05, 0) is 49.7 Å². The monoisotopic (exact) mass is 521 g/mol. The van der Waals surface area contributed by atoms with E-state index in [0.717, 1.165) is 17.0 Å². The predicted octanol–water partition coefficient (Wildman–Crippen LogP) is 5.19. The number of pyridine rings is 1. The number of rotatable bonds is 6. The highest BCUT2D eigenvalue weighted by molar-refractivity contribution is 7.91. The van der Waals surface area contributed by atoms with Crippen LogP contribution in [0.15, 0.2) is 23.4 Å². The largest absolute Gasteiger partial charge is 0.420 e. The minimum absolute atomic E-state index is 0.0165. The standard InChI is InChI=1S/C21H21F6N5O2S/c1-35(28,34)13-6-12(4-5-29-13)30-17(33)16-14(20(22,23)24)15(11-2-3-11)31-32(16)10-18-7-19(8-18,9-18)21(25,26)27/h4-6,11,28H,2-3,7-10H2,1H3,(H,29,30,33)/t18?,19?,35-/m1/s1. The number of carbonyl (C=O) groups excluding carboxylic acids is 1. The summed E-state index contributed by atoms with van der Waals surface area (Å²) in [4.78, 5) is 17.0. The second-order valence-corrected chi connectivity index (χ2v) is 12.1. The smallest absolute Gasteiger partial charge is 0.320 e. The van der Waals surface area contributed by atoms with Crippen molar-refractivity contribution in [2.45, 2.75) is 61.9 Å². The van der Waals surface area contributed by atoms with Crippen molar-refractivity contribution in [1.29, 1.82) is 4.78 Å². The maximum atomic E-state index is 14.1. The zero-order chi connectivity index (χ0) is 25.6. The minimum Gasteiger partial charge on any atom is -0.320 e. The Labute approximate surface area is 196 Å². The van der Waals surface area contributed by atoms with Gasteiger partial charge in [0.1, 0.15) is 16.3 Å². The van der Waals surface area contributed by atoms with Crippen LogP contribution in [-0.2, 0) is 22.5 Å². The molecule has 0 radical (unpaired) electrons. The first-order valence-corrected chi connectivity index (χ1v) is 12.8. The van der Waals surface area contributed by atoms with Gasteiger partial charge in [-0.1, -0.05) is 0 Å². The summed E-state index contributed by atoms with van der Waals surface area (Å²) in [6.45, 7) is -0.222. The molecule has 0 unspecified atom stereocenters. The van der Waals surface area contributed by atoms with E-state index in [1.807, 2.05) is 0 Å². The molecule has 7 nitrogen and oxygen atoms in total. The van der Waals surface area contributed by atoms with E-state index in [1.165, 1.54) is 12.3 Å². The number of amides is 1. The molecule has 35 heavy (non-hydrogen) atoms. The van der Waals surface area contributed by atoms with Crippen molar-refractivity contribution in [2.24, 2.45) is 10.8 Å². The van der Waals surface area contributed by atoms with Crippen LogP contribution in [0, 0.1) is 15.6 Å². The molecule has 1 atom stereocenters. The third kappa shape index (κ3) is 3.99. The molecule has 2 heterocycles. The molecule has 4 fully saturated rings. The van der Waals surface area contributed by atoms with Gasteiger partial charge in [0.2, 0.25) is 0 Å². The van der Waals surface area contributed by atoms with Gasteiger partial charge >= 0.3 is 12.4 Å². The van der Waals surface area contributed by atoms with Crippen LogP contribution in [0.4, 0.5) is 32.0 Å². The van der Waals surface area contributed by atoms with Crippen molar-refractivity contribution < 1.29 is 35.3 Å². The molecule has 4 aliphatic rings. The number of alkyl halides is 6. The molecule has 0 aromatic carbocycles. The molecule has 0 spiro atoms. The molecular weight excluding hydrogens is 500 g/mol. The van der Waals surface area contributed by atoms with E-state index in [-0.39, 0.29) is 42.2 Å². The number of hydrogen-bond donors (Lipinski definition) is 2. The predicted molar refractivity (Wildman–Crippen MR) is 111 cm³/mol. The Hall–Kier alpha value is -2.64. The normalized spacial score (nSPS) is 27.5. The lowest BCUT2D eigenvalue weighted by Gasteiger charge is -2.70. The van der Waals surface area contributed by atoms with Crippen LogP contribution in [0.25, 0.3) is 0 Å². The molecule has 1 amide bonds. The Kier molecular flexibility index (Phi) is 4.95. The van der Waals surface area contributed by atoms with E-state index in [2.05, 4.69) is 15.4 Å². The van der Waals surface area contributed by atoms with Crippen molar-refractivity contribution in [2.75, 3.05) is 11.6 Å². The van der Waals surface area contributed by atoms with Crippen molar-refractivity contribution in [3.63, 3.8) is 0 Å². The number of nitrogens with one attached hydrogen (secondary N) is 2. The fourth-order valence-electron chi connectivity index (χ4n) is 5.42. The van der Waals surface area contributed by atoms with E-state index in [9.17, 15) is 35.3 Å². The maximum absolute atomic E-state index is 14.1. The number of hydrogen-bond acceptors (Lipinski definition) is 5. The number of carbonyl (C=O) groups is 1. The van der Waals surface area contributed by atoms with Gasteiger partial charge in [-0.15, -0.1) is 0 Å². The zero-order valence-corrected chi connectivity index (χ0v) is 19.2. The van der Waals surface area contributed by atoms with Gasteiger partial charge in [-0.3, -0.25) is 9.48 Å². The molecule has 2 N–H and O–H groups in total. The number of anilines is 1. The second kappa shape index (κ2) is 7.20. The topological polar surface area (TPSA) is 101 Å². The lowest BCUT2D eigenvalue weighted by atomic mass is 9.35. The average Bonchev–Trinajstić information content (AvgIpc) is 3.41. The SMILES string of the molecule is C[S@@](=N)(=O)c1cc(NC(=O)c2c(C(F)(F)F)c(C3CC3)nn2CC23CC(C(F)(F)F)(C2)C3)ccn1. The second-order valence-electron chi connectivity index (χ2n) is 10.0. The summed E-state index contributed by atoms with van der Waals surface area (Å²) in [6.07, 6.45) is -6.65. The third-order valence-electron chi connectivity index (χ3n) is 7.06. The Balaban J connectivity index is 1.50. The fraction of sp³-hybridized carbons (Fsp3) is 0.571. The van der Waals surface area contributed by atoms with Gasteiger partial charge in [-0.2, -0.15) is 31.4 Å². The maximum Gasteiger partial charge on any atom is 0.420 e. The van der Waals surface area contributed by atoms with Crippen LogP contribution < -0.4 is 5.32 Å². The summed E-state index contributed by atoms with van der Waals surface area (Å²) < 4.78 is 103. The minimum atomic E-state index is -4.90. The first kappa shape index (κ1) is 24.1. The van der Waals surface area contributed by atoms with E-state index in [0.29, 0.717) is 12.8 Å². The Morgan fingerprint density at radius 3 is 2.37 bits per heavy atom. The van der Waals surface area contributed by atoms with Crippen LogP contribution in [0.2, 0.25) is 0 Å². The summed E-state index contributed by atoms with van der Waals surface area (Å²) in [5, 5.41) is 6.27. The molecule has 0 saturated heterocycles. The molecule has 0 aliphatic heterocycles. The number of aromatic nitrogens is 3. The molecule has 2 bridgehead atoms. The Morgan fingerprint density at radius 2 is 1.86 bits per heavy atom. The van der Waals surface area contributed by atoms with Gasteiger partial charge in [-0.25, -0.2) is 14.0 Å². The lowest BCUT2D eigenvalue weighted by molar-refractivity contribution is -0.366. The summed E-state index contributed by atoms with van der Waals surface area (Å²) in [5.74, 6) is -1.60. The van der Waals surface area contributed by atoms with E-state index >= 15 is 0 Å². The van der Waals surface area contributed by atoms with Gasteiger partial charge in [0.15, 0.2) is 0 Å². The van der Waals surface area contributed by atoms with Crippen molar-refractivity contribution in [3.05, 3.63) is 35.3 Å². The lowest BCUT2D eigenvalue weighted by Crippen LogP contribution is -2.69. The molecular formula is C21H21F6N5O2S. The van der Waals surface area contributed by atoms with Gasteiger partial charge < -0.3 is 5.32 Å². The summed E-state index contributed by atoms with van der Waals surface area (Å²) >= 11 is 0. The molecule has 190 valence electrons. The highest BCUT2D eigenvalue weighted by atomic mass is 32.2. The summed E-state index contributed by atoms with van der Waals surface area (Å²) in [5.41, 5.74) is -4.85. The van der Waals surface area contributed by atoms with Crippen molar-refractivity contribution >= 4 is 21.3 Å². The van der Waals surface area contributed by atoms with Crippen LogP contribution in [-0.4, -0.2) is 37.3 Å².